The van der Waals surface area contributed by atoms with Crippen LogP contribution in [-0.2, 0) is 9.59 Å². The Bertz CT molecular complexity index is 343. The van der Waals surface area contributed by atoms with E-state index in [1.807, 2.05) is 11.8 Å². The molecule has 5 heteroatoms. The van der Waals surface area contributed by atoms with Gasteiger partial charge in [-0.05, 0) is 17.6 Å². The maximum absolute atomic E-state index is 11.8. The number of carbonyl (C=O) groups excluding carboxylic acids is 2. The van der Waals surface area contributed by atoms with Crippen LogP contribution < -0.4 is 5.32 Å². The SMILES string of the molecule is CN1C(=O)CC(NC2CSCC(C)(C)C2)C1=O. The van der Waals surface area contributed by atoms with Crippen LogP contribution in [0.4, 0.5) is 0 Å². The zero-order valence-electron chi connectivity index (χ0n) is 10.7. The Labute approximate surface area is 106 Å². The van der Waals surface area contributed by atoms with Crippen LogP contribution in [0.2, 0.25) is 0 Å². The minimum absolute atomic E-state index is 0.0739. The van der Waals surface area contributed by atoms with E-state index in [4.69, 9.17) is 0 Å². The lowest BCUT2D eigenvalue weighted by Gasteiger charge is -2.36. The molecule has 0 aromatic carbocycles. The topological polar surface area (TPSA) is 49.4 Å². The molecule has 0 aliphatic carbocycles. The maximum Gasteiger partial charge on any atom is 0.246 e. The van der Waals surface area contributed by atoms with Crippen molar-refractivity contribution in [2.24, 2.45) is 5.41 Å². The lowest BCUT2D eigenvalue weighted by atomic mass is 9.87. The highest BCUT2D eigenvalue weighted by Crippen LogP contribution is 2.33. The standard InChI is InChI=1S/C12H20N2O2S/c1-12(2)5-8(6-17-7-12)13-9-4-10(15)14(3)11(9)16/h8-9,13H,4-7H2,1-3H3. The van der Waals surface area contributed by atoms with Crippen LogP contribution in [0, 0.1) is 5.41 Å². The van der Waals surface area contributed by atoms with Crippen LogP contribution in [0.15, 0.2) is 0 Å². The Morgan fingerprint density at radius 2 is 2.12 bits per heavy atom. The van der Waals surface area contributed by atoms with Gasteiger partial charge in [0.05, 0.1) is 12.5 Å². The van der Waals surface area contributed by atoms with E-state index in [0.717, 1.165) is 12.2 Å². The molecule has 2 saturated heterocycles. The summed E-state index contributed by atoms with van der Waals surface area (Å²) in [5.74, 6) is 2.05. The summed E-state index contributed by atoms with van der Waals surface area (Å²) in [6.07, 6.45) is 1.39. The van der Waals surface area contributed by atoms with Gasteiger partial charge in [-0.15, -0.1) is 0 Å². The summed E-state index contributed by atoms with van der Waals surface area (Å²) in [6.45, 7) is 4.50. The molecule has 0 bridgehead atoms. The summed E-state index contributed by atoms with van der Waals surface area (Å²) in [7, 11) is 1.56. The largest absolute Gasteiger partial charge is 0.302 e. The van der Waals surface area contributed by atoms with Crippen molar-refractivity contribution in [3.8, 4) is 0 Å². The third-order valence-corrected chi connectivity index (χ3v) is 5.05. The number of rotatable bonds is 2. The van der Waals surface area contributed by atoms with Gasteiger partial charge in [-0.2, -0.15) is 11.8 Å². The average Bonchev–Trinajstić information content (AvgIpc) is 2.45. The quantitative estimate of drug-likeness (QED) is 0.745. The first-order valence-corrected chi connectivity index (χ1v) is 7.19. The van der Waals surface area contributed by atoms with Crippen molar-refractivity contribution in [2.75, 3.05) is 18.6 Å². The summed E-state index contributed by atoms with van der Waals surface area (Å²) in [5.41, 5.74) is 0.318. The molecule has 2 aliphatic heterocycles. The Kier molecular flexibility index (Phi) is 3.50. The van der Waals surface area contributed by atoms with Crippen molar-refractivity contribution in [2.45, 2.75) is 38.8 Å². The molecule has 2 aliphatic rings. The lowest BCUT2D eigenvalue weighted by Crippen LogP contribution is -2.48. The highest BCUT2D eigenvalue weighted by Gasteiger charge is 2.38. The summed E-state index contributed by atoms with van der Waals surface area (Å²) >= 11 is 1.92. The first kappa shape index (κ1) is 12.9. The maximum atomic E-state index is 11.8. The fraction of sp³-hybridized carbons (Fsp3) is 0.833. The van der Waals surface area contributed by atoms with Gasteiger partial charge in [0.25, 0.3) is 0 Å². The molecule has 0 aromatic heterocycles. The molecule has 96 valence electrons. The molecule has 0 saturated carbocycles. The molecule has 2 amide bonds. The summed E-state index contributed by atoms with van der Waals surface area (Å²) < 4.78 is 0. The van der Waals surface area contributed by atoms with E-state index in [1.54, 1.807) is 7.05 Å². The second-order valence-corrected chi connectivity index (χ2v) is 6.83. The molecule has 0 radical (unpaired) electrons. The Morgan fingerprint density at radius 3 is 2.65 bits per heavy atom. The van der Waals surface area contributed by atoms with E-state index >= 15 is 0 Å². The molecule has 1 N–H and O–H groups in total. The molecule has 2 rings (SSSR count). The summed E-state index contributed by atoms with van der Waals surface area (Å²) in [4.78, 5) is 24.4. The third kappa shape index (κ3) is 2.83. The summed E-state index contributed by atoms with van der Waals surface area (Å²) in [6, 6.07) is 0.0454. The van der Waals surface area contributed by atoms with Gasteiger partial charge in [0.15, 0.2) is 0 Å². The van der Waals surface area contributed by atoms with Crippen molar-refractivity contribution >= 4 is 23.6 Å². The van der Waals surface area contributed by atoms with Crippen LogP contribution in [0.5, 0.6) is 0 Å². The first-order valence-electron chi connectivity index (χ1n) is 6.03. The molecule has 2 atom stereocenters. The van der Waals surface area contributed by atoms with Gasteiger partial charge in [0.1, 0.15) is 0 Å². The minimum atomic E-state index is -0.299. The number of nitrogens with zero attached hydrogens (tertiary/aromatic N) is 1. The molecule has 2 heterocycles. The Balaban J connectivity index is 1.93. The molecular formula is C12H20N2O2S. The van der Waals surface area contributed by atoms with Gasteiger partial charge in [-0.25, -0.2) is 0 Å². The minimum Gasteiger partial charge on any atom is -0.302 e. The Morgan fingerprint density at radius 1 is 1.41 bits per heavy atom. The van der Waals surface area contributed by atoms with Crippen LogP contribution >= 0.6 is 11.8 Å². The molecule has 4 nitrogen and oxygen atoms in total. The van der Waals surface area contributed by atoms with E-state index in [0.29, 0.717) is 17.9 Å². The fourth-order valence-electron chi connectivity index (χ4n) is 2.54. The van der Waals surface area contributed by atoms with Gasteiger partial charge in [0.2, 0.25) is 11.8 Å². The number of hydrogen-bond donors (Lipinski definition) is 1. The van der Waals surface area contributed by atoms with Crippen molar-refractivity contribution in [1.29, 1.82) is 0 Å². The number of carbonyl (C=O) groups is 2. The number of hydrogen-bond acceptors (Lipinski definition) is 4. The van der Waals surface area contributed by atoms with Gasteiger partial charge >= 0.3 is 0 Å². The number of imide groups is 1. The van der Waals surface area contributed by atoms with Gasteiger partial charge in [-0.1, -0.05) is 13.8 Å². The predicted molar refractivity (Wildman–Crippen MR) is 68.8 cm³/mol. The van der Waals surface area contributed by atoms with Crippen LogP contribution in [-0.4, -0.2) is 47.4 Å². The number of likely N-dealkylation sites (N-methyl/N-ethyl adjacent to an activating group) is 1. The number of likely N-dealkylation sites (tertiary alicyclic amines) is 1. The average molecular weight is 256 g/mol. The van der Waals surface area contributed by atoms with Crippen molar-refractivity contribution < 1.29 is 9.59 Å². The van der Waals surface area contributed by atoms with Gasteiger partial charge < -0.3 is 5.32 Å². The van der Waals surface area contributed by atoms with E-state index in [9.17, 15) is 9.59 Å². The predicted octanol–water partition coefficient (Wildman–Crippen LogP) is 0.865. The highest BCUT2D eigenvalue weighted by atomic mass is 32.2. The van der Waals surface area contributed by atoms with Crippen molar-refractivity contribution in [3.63, 3.8) is 0 Å². The molecule has 0 aromatic rings. The van der Waals surface area contributed by atoms with Crippen LogP contribution in [0.3, 0.4) is 0 Å². The summed E-state index contributed by atoms with van der Waals surface area (Å²) in [5, 5.41) is 3.35. The van der Waals surface area contributed by atoms with E-state index in [2.05, 4.69) is 19.2 Å². The zero-order valence-corrected chi connectivity index (χ0v) is 11.5. The Hall–Kier alpha value is -0.550. The third-order valence-electron chi connectivity index (χ3n) is 3.43. The number of thioether (sulfide) groups is 1. The lowest BCUT2D eigenvalue weighted by molar-refractivity contribution is -0.137. The molecule has 2 unspecified atom stereocenters. The van der Waals surface area contributed by atoms with Crippen LogP contribution in [0.1, 0.15) is 26.7 Å². The zero-order chi connectivity index (χ0) is 12.6. The smallest absolute Gasteiger partial charge is 0.246 e. The first-order chi connectivity index (χ1) is 7.89. The number of amides is 2. The second-order valence-electron chi connectivity index (χ2n) is 5.79. The monoisotopic (exact) mass is 256 g/mol. The van der Waals surface area contributed by atoms with Crippen molar-refractivity contribution in [3.05, 3.63) is 0 Å². The normalized spacial score (nSPS) is 33.2. The highest BCUT2D eigenvalue weighted by molar-refractivity contribution is 7.99. The number of nitrogens with one attached hydrogen (secondary N) is 1. The fourth-order valence-corrected chi connectivity index (χ4v) is 3.83. The van der Waals surface area contributed by atoms with Crippen molar-refractivity contribution in [1.82, 2.24) is 10.2 Å². The van der Waals surface area contributed by atoms with Crippen LogP contribution in [0.25, 0.3) is 0 Å². The molecule has 2 fully saturated rings. The van der Waals surface area contributed by atoms with Gasteiger partial charge in [-0.3, -0.25) is 14.5 Å². The van der Waals surface area contributed by atoms with E-state index < -0.39 is 0 Å². The van der Waals surface area contributed by atoms with E-state index in [1.165, 1.54) is 10.7 Å². The van der Waals surface area contributed by atoms with E-state index in [-0.39, 0.29) is 17.9 Å². The molecular weight excluding hydrogens is 236 g/mol. The molecule has 17 heavy (non-hydrogen) atoms. The van der Waals surface area contributed by atoms with Gasteiger partial charge in [0, 0.05) is 18.8 Å². The molecule has 0 spiro atoms. The second kappa shape index (κ2) is 4.61.